The van der Waals surface area contributed by atoms with Crippen LogP contribution in [-0.4, -0.2) is 6.03 Å². The smallest absolute Gasteiger partial charge is 0.305 e. The predicted octanol–water partition coefficient (Wildman–Crippen LogP) is 4.04. The van der Waals surface area contributed by atoms with E-state index < -0.39 is 6.03 Å². The minimum absolute atomic E-state index is 0.459. The lowest BCUT2D eigenvalue weighted by atomic mass is 10.2. The van der Waals surface area contributed by atoms with Gasteiger partial charge in [0.25, 0.3) is 0 Å². The van der Waals surface area contributed by atoms with Gasteiger partial charge in [-0.3, -0.25) is 10.9 Å². The number of nitrogens with zero attached hydrogens (tertiary/aromatic N) is 1. The first-order valence-corrected chi connectivity index (χ1v) is 7.28. The van der Waals surface area contributed by atoms with Gasteiger partial charge in [-0.25, -0.2) is 4.79 Å². The minimum Gasteiger partial charge on any atom is -0.305 e. The standard InChI is InChI=1S/C14H13ClN4OS/c1-8-3-4-11(15)12(5-8)17-14(20)19-18-13-10(7-16)6-9(2)21-13/h3-6,18H,1-2H3,(H2,17,19,20). The zero-order chi connectivity index (χ0) is 15.4. The molecule has 0 saturated heterocycles. The molecule has 7 heteroatoms. The molecule has 5 nitrogen and oxygen atoms in total. The highest BCUT2D eigenvalue weighted by atomic mass is 35.5. The van der Waals surface area contributed by atoms with Crippen molar-refractivity contribution in [1.29, 1.82) is 5.26 Å². The number of nitriles is 1. The number of hydrogen-bond acceptors (Lipinski definition) is 4. The second kappa shape index (κ2) is 6.48. The van der Waals surface area contributed by atoms with E-state index in [1.54, 1.807) is 18.2 Å². The number of nitrogens with one attached hydrogen (secondary N) is 3. The van der Waals surface area contributed by atoms with Gasteiger partial charge in [-0.15, -0.1) is 11.3 Å². The van der Waals surface area contributed by atoms with E-state index in [1.165, 1.54) is 11.3 Å². The molecule has 1 aromatic heterocycles. The van der Waals surface area contributed by atoms with Gasteiger partial charge in [0.05, 0.1) is 16.3 Å². The van der Waals surface area contributed by atoms with Crippen molar-refractivity contribution in [2.45, 2.75) is 13.8 Å². The van der Waals surface area contributed by atoms with Gasteiger partial charge in [-0.05, 0) is 37.6 Å². The van der Waals surface area contributed by atoms with Crippen molar-refractivity contribution >= 4 is 39.7 Å². The molecule has 2 rings (SSSR count). The Hall–Kier alpha value is -2.23. The highest BCUT2D eigenvalue weighted by molar-refractivity contribution is 7.16. The summed E-state index contributed by atoms with van der Waals surface area (Å²) < 4.78 is 0. The number of hydrogen-bond donors (Lipinski definition) is 3. The largest absolute Gasteiger partial charge is 0.337 e. The number of halogens is 1. The average Bonchev–Trinajstić information content (AvgIpc) is 2.81. The molecule has 2 aromatic rings. The van der Waals surface area contributed by atoms with Gasteiger partial charge in [0.15, 0.2) is 0 Å². The molecule has 0 unspecified atom stereocenters. The fourth-order valence-corrected chi connectivity index (χ4v) is 2.67. The Morgan fingerprint density at radius 2 is 2.10 bits per heavy atom. The van der Waals surface area contributed by atoms with Crippen LogP contribution in [-0.2, 0) is 0 Å². The Labute approximate surface area is 131 Å². The number of benzene rings is 1. The summed E-state index contributed by atoms with van der Waals surface area (Å²) in [5.41, 5.74) is 7.22. The van der Waals surface area contributed by atoms with Gasteiger partial charge in [0.1, 0.15) is 11.1 Å². The lowest BCUT2D eigenvalue weighted by molar-refractivity contribution is 0.254. The van der Waals surface area contributed by atoms with Crippen LogP contribution in [0.1, 0.15) is 16.0 Å². The Kier molecular flexibility index (Phi) is 4.68. The molecule has 0 aliphatic heterocycles. The first-order valence-electron chi connectivity index (χ1n) is 6.09. The van der Waals surface area contributed by atoms with Crippen molar-refractivity contribution in [3.8, 4) is 6.07 Å². The number of urea groups is 1. The lowest BCUT2D eigenvalue weighted by Gasteiger charge is -2.10. The second-order valence-electron chi connectivity index (χ2n) is 4.40. The maximum atomic E-state index is 11.8. The van der Waals surface area contributed by atoms with Gasteiger partial charge in [-0.1, -0.05) is 17.7 Å². The monoisotopic (exact) mass is 320 g/mol. The van der Waals surface area contributed by atoms with Gasteiger partial charge >= 0.3 is 6.03 Å². The first kappa shape index (κ1) is 15.2. The van der Waals surface area contributed by atoms with E-state index in [1.807, 2.05) is 19.9 Å². The summed E-state index contributed by atoms with van der Waals surface area (Å²) >= 11 is 7.40. The quantitative estimate of drug-likeness (QED) is 0.747. The molecule has 0 aliphatic carbocycles. The number of amides is 2. The Bertz CT molecular complexity index is 720. The Morgan fingerprint density at radius 3 is 2.81 bits per heavy atom. The van der Waals surface area contributed by atoms with Crippen LogP contribution in [0.4, 0.5) is 15.5 Å². The van der Waals surface area contributed by atoms with Gasteiger partial charge in [0.2, 0.25) is 0 Å². The van der Waals surface area contributed by atoms with E-state index >= 15 is 0 Å². The Morgan fingerprint density at radius 1 is 1.33 bits per heavy atom. The van der Waals surface area contributed by atoms with Crippen LogP contribution in [0.2, 0.25) is 5.02 Å². The third kappa shape index (κ3) is 3.88. The minimum atomic E-state index is -0.461. The highest BCUT2D eigenvalue weighted by Crippen LogP contribution is 2.26. The van der Waals surface area contributed by atoms with Crippen molar-refractivity contribution in [1.82, 2.24) is 5.43 Å². The van der Waals surface area contributed by atoms with Crippen LogP contribution in [0.25, 0.3) is 0 Å². The van der Waals surface area contributed by atoms with Gasteiger partial charge < -0.3 is 5.32 Å². The SMILES string of the molecule is Cc1ccc(Cl)c(NC(=O)NNc2sc(C)cc2C#N)c1. The normalized spacial score (nSPS) is 9.81. The molecule has 3 N–H and O–H groups in total. The predicted molar refractivity (Wildman–Crippen MR) is 85.7 cm³/mol. The number of thiophene rings is 1. The highest BCUT2D eigenvalue weighted by Gasteiger charge is 2.09. The van der Waals surface area contributed by atoms with Crippen molar-refractivity contribution in [3.05, 3.63) is 45.3 Å². The number of carbonyl (C=O) groups is 1. The molecule has 0 radical (unpaired) electrons. The number of carbonyl (C=O) groups excluding carboxylic acids is 1. The first-order chi connectivity index (χ1) is 9.99. The van der Waals surface area contributed by atoms with Crippen LogP contribution < -0.4 is 16.2 Å². The topological polar surface area (TPSA) is 77.0 Å². The molecular formula is C14H13ClN4OS. The van der Waals surface area contributed by atoms with Crippen LogP contribution in [0.3, 0.4) is 0 Å². The summed E-state index contributed by atoms with van der Waals surface area (Å²) in [5.74, 6) is 0. The molecule has 0 fully saturated rings. The summed E-state index contributed by atoms with van der Waals surface area (Å²) in [4.78, 5) is 12.8. The molecule has 0 aliphatic rings. The van der Waals surface area contributed by atoms with Crippen molar-refractivity contribution in [2.75, 3.05) is 10.7 Å². The molecule has 21 heavy (non-hydrogen) atoms. The Balaban J connectivity index is 1.99. The van der Waals surface area contributed by atoms with E-state index in [4.69, 9.17) is 16.9 Å². The number of anilines is 2. The molecule has 1 heterocycles. The van der Waals surface area contributed by atoms with Crippen LogP contribution >= 0.6 is 22.9 Å². The lowest BCUT2D eigenvalue weighted by Crippen LogP contribution is -2.33. The van der Waals surface area contributed by atoms with Crippen molar-refractivity contribution in [3.63, 3.8) is 0 Å². The second-order valence-corrected chi connectivity index (χ2v) is 6.06. The zero-order valence-electron chi connectivity index (χ0n) is 11.5. The summed E-state index contributed by atoms with van der Waals surface area (Å²) in [6, 6.07) is 8.71. The van der Waals surface area contributed by atoms with Crippen molar-refractivity contribution < 1.29 is 4.79 Å². The molecule has 108 valence electrons. The number of rotatable bonds is 3. The fourth-order valence-electron chi connectivity index (χ4n) is 1.69. The van der Waals surface area contributed by atoms with Crippen LogP contribution in [0.15, 0.2) is 24.3 Å². The van der Waals surface area contributed by atoms with Gasteiger partial charge in [-0.2, -0.15) is 5.26 Å². The van der Waals surface area contributed by atoms with Crippen LogP contribution in [0, 0.1) is 25.2 Å². The fraction of sp³-hybridized carbons (Fsp3) is 0.143. The summed E-state index contributed by atoms with van der Waals surface area (Å²) in [5, 5.41) is 12.7. The molecule has 0 spiro atoms. The molecule has 0 bridgehead atoms. The molecule has 1 aromatic carbocycles. The number of aryl methyl sites for hydroxylation is 2. The zero-order valence-corrected chi connectivity index (χ0v) is 13.0. The molecular weight excluding hydrogens is 308 g/mol. The van der Waals surface area contributed by atoms with E-state index in [2.05, 4.69) is 22.2 Å². The van der Waals surface area contributed by atoms with E-state index in [0.29, 0.717) is 21.3 Å². The third-order valence-corrected chi connectivity index (χ3v) is 3.93. The van der Waals surface area contributed by atoms with Crippen molar-refractivity contribution in [2.24, 2.45) is 0 Å². The molecule has 0 atom stereocenters. The maximum Gasteiger partial charge on any atom is 0.337 e. The average molecular weight is 321 g/mol. The molecule has 2 amide bonds. The third-order valence-electron chi connectivity index (χ3n) is 2.64. The van der Waals surface area contributed by atoms with Gasteiger partial charge in [0, 0.05) is 4.88 Å². The molecule has 0 saturated carbocycles. The van der Waals surface area contributed by atoms with E-state index in [-0.39, 0.29) is 0 Å². The van der Waals surface area contributed by atoms with E-state index in [9.17, 15) is 4.79 Å². The summed E-state index contributed by atoms with van der Waals surface area (Å²) in [6.07, 6.45) is 0. The summed E-state index contributed by atoms with van der Waals surface area (Å²) in [7, 11) is 0. The van der Waals surface area contributed by atoms with E-state index in [0.717, 1.165) is 10.4 Å². The summed E-state index contributed by atoms with van der Waals surface area (Å²) in [6.45, 7) is 3.80. The maximum absolute atomic E-state index is 11.8. The number of hydrazine groups is 1. The van der Waals surface area contributed by atoms with Crippen LogP contribution in [0.5, 0.6) is 0 Å².